The molecule has 1 aliphatic heterocycles. The Morgan fingerprint density at radius 2 is 2.44 bits per heavy atom. The molecule has 0 aliphatic carbocycles. The summed E-state index contributed by atoms with van der Waals surface area (Å²) in [6, 6.07) is 7.44. The Morgan fingerprint density at radius 1 is 1.61 bits per heavy atom. The maximum atomic E-state index is 9.04. The molecule has 1 fully saturated rings. The normalized spacial score (nSPS) is 20.3. The largest absolute Gasteiger partial charge is 0.399 e. The summed E-state index contributed by atoms with van der Waals surface area (Å²) in [7, 11) is 2.08. The third kappa shape index (κ3) is 3.13. The topological polar surface area (TPSA) is 74.3 Å². The van der Waals surface area contributed by atoms with E-state index in [1.54, 1.807) is 12.1 Å². The second-order valence-corrected chi connectivity index (χ2v) is 4.55. The molecule has 0 saturated carbocycles. The summed E-state index contributed by atoms with van der Waals surface area (Å²) in [5.41, 5.74) is 7.63. The van der Waals surface area contributed by atoms with Crippen LogP contribution in [0.3, 0.4) is 0 Å². The van der Waals surface area contributed by atoms with Crippen molar-refractivity contribution >= 4 is 11.4 Å². The highest BCUT2D eigenvalue weighted by Crippen LogP contribution is 2.18. The van der Waals surface area contributed by atoms with Crippen molar-refractivity contribution in [1.29, 1.82) is 5.26 Å². The number of ether oxygens (including phenoxy) is 1. The van der Waals surface area contributed by atoms with Crippen molar-refractivity contribution in [3.8, 4) is 6.07 Å². The first-order chi connectivity index (χ1) is 8.69. The molecule has 1 heterocycles. The number of anilines is 2. The average molecular weight is 246 g/mol. The zero-order chi connectivity index (χ0) is 13.0. The van der Waals surface area contributed by atoms with Gasteiger partial charge in [0.1, 0.15) is 6.07 Å². The van der Waals surface area contributed by atoms with Gasteiger partial charge in [-0.25, -0.2) is 0 Å². The Hall–Kier alpha value is -1.77. The first-order valence-electron chi connectivity index (χ1n) is 6.02. The van der Waals surface area contributed by atoms with Gasteiger partial charge in [0.15, 0.2) is 0 Å². The molecular formula is C13H18N4O. The highest BCUT2D eigenvalue weighted by Gasteiger charge is 2.17. The number of nitrogens with one attached hydrogen (secondary N) is 1. The second-order valence-electron chi connectivity index (χ2n) is 4.55. The fourth-order valence-corrected chi connectivity index (χ4v) is 2.02. The molecule has 5 heteroatoms. The van der Waals surface area contributed by atoms with Crippen LogP contribution in [0.1, 0.15) is 5.56 Å². The summed E-state index contributed by atoms with van der Waals surface area (Å²) in [6.45, 7) is 3.34. The predicted octanol–water partition coefficient (Wildman–Crippen LogP) is 0.883. The third-order valence-electron chi connectivity index (χ3n) is 3.03. The highest BCUT2D eigenvalue weighted by atomic mass is 16.5. The van der Waals surface area contributed by atoms with Crippen LogP contribution in [-0.4, -0.2) is 44.3 Å². The minimum atomic E-state index is 0.160. The lowest BCUT2D eigenvalue weighted by molar-refractivity contribution is -0.0117. The van der Waals surface area contributed by atoms with Crippen LogP contribution in [0.15, 0.2) is 18.2 Å². The van der Waals surface area contributed by atoms with Gasteiger partial charge in [-0.05, 0) is 25.2 Å². The number of morpholine rings is 1. The number of rotatable bonds is 3. The van der Waals surface area contributed by atoms with E-state index < -0.39 is 0 Å². The van der Waals surface area contributed by atoms with Crippen LogP contribution >= 0.6 is 0 Å². The molecule has 0 bridgehead atoms. The zero-order valence-corrected chi connectivity index (χ0v) is 10.5. The van der Waals surface area contributed by atoms with Crippen LogP contribution in [0.5, 0.6) is 0 Å². The van der Waals surface area contributed by atoms with E-state index >= 15 is 0 Å². The van der Waals surface area contributed by atoms with E-state index in [0.717, 1.165) is 25.4 Å². The van der Waals surface area contributed by atoms with E-state index in [1.807, 2.05) is 6.07 Å². The highest BCUT2D eigenvalue weighted by molar-refractivity contribution is 5.62. The number of nitrogens with zero attached hydrogens (tertiary/aromatic N) is 2. The standard InChI is InChI=1S/C13H18N4O/c1-17-4-5-18-12(9-17)8-16-13-3-2-11(15)6-10(13)7-14/h2-3,6,12,16H,4-5,8-9,15H2,1H3. The lowest BCUT2D eigenvalue weighted by atomic mass is 10.1. The van der Waals surface area contributed by atoms with Crippen molar-refractivity contribution < 1.29 is 4.74 Å². The lowest BCUT2D eigenvalue weighted by Crippen LogP contribution is -2.43. The van der Waals surface area contributed by atoms with Gasteiger partial charge in [-0.3, -0.25) is 0 Å². The molecule has 1 aliphatic rings. The average Bonchev–Trinajstić information content (AvgIpc) is 2.37. The van der Waals surface area contributed by atoms with E-state index in [9.17, 15) is 0 Å². The van der Waals surface area contributed by atoms with Crippen LogP contribution in [0, 0.1) is 11.3 Å². The summed E-state index contributed by atoms with van der Waals surface area (Å²) in [6.07, 6.45) is 0.160. The number of hydrogen-bond acceptors (Lipinski definition) is 5. The van der Waals surface area contributed by atoms with Crippen LogP contribution < -0.4 is 11.1 Å². The molecule has 0 radical (unpaired) electrons. The minimum absolute atomic E-state index is 0.160. The number of nitrogen functional groups attached to an aromatic ring is 1. The molecule has 96 valence electrons. The minimum Gasteiger partial charge on any atom is -0.399 e. The molecular weight excluding hydrogens is 228 g/mol. The van der Waals surface area contributed by atoms with E-state index in [1.165, 1.54) is 0 Å². The lowest BCUT2D eigenvalue weighted by Gasteiger charge is -2.30. The van der Waals surface area contributed by atoms with Crippen molar-refractivity contribution in [1.82, 2.24) is 4.90 Å². The molecule has 5 nitrogen and oxygen atoms in total. The molecule has 0 amide bonds. The van der Waals surface area contributed by atoms with E-state index in [2.05, 4.69) is 23.3 Å². The Bertz CT molecular complexity index is 455. The molecule has 2 rings (SSSR count). The van der Waals surface area contributed by atoms with Gasteiger partial charge in [0.2, 0.25) is 0 Å². The number of hydrogen-bond donors (Lipinski definition) is 2. The third-order valence-corrected chi connectivity index (χ3v) is 3.03. The van der Waals surface area contributed by atoms with Gasteiger partial charge < -0.3 is 20.7 Å². The molecule has 1 saturated heterocycles. The van der Waals surface area contributed by atoms with Gasteiger partial charge in [-0.15, -0.1) is 0 Å². The Morgan fingerprint density at radius 3 is 3.17 bits per heavy atom. The fraction of sp³-hybridized carbons (Fsp3) is 0.462. The van der Waals surface area contributed by atoms with Crippen molar-refractivity contribution in [2.75, 3.05) is 44.3 Å². The van der Waals surface area contributed by atoms with Crippen molar-refractivity contribution in [3.63, 3.8) is 0 Å². The monoisotopic (exact) mass is 246 g/mol. The summed E-state index contributed by atoms with van der Waals surface area (Å²) >= 11 is 0. The van der Waals surface area contributed by atoms with Gasteiger partial charge >= 0.3 is 0 Å². The SMILES string of the molecule is CN1CCOC(CNc2ccc(N)cc2C#N)C1. The Balaban J connectivity index is 1.96. The maximum Gasteiger partial charge on any atom is 0.101 e. The Labute approximate surface area is 107 Å². The first-order valence-corrected chi connectivity index (χ1v) is 6.02. The molecule has 3 N–H and O–H groups in total. The van der Waals surface area contributed by atoms with Crippen molar-refractivity contribution in [2.45, 2.75) is 6.10 Å². The number of nitriles is 1. The quantitative estimate of drug-likeness (QED) is 0.775. The van der Waals surface area contributed by atoms with E-state index in [0.29, 0.717) is 17.8 Å². The van der Waals surface area contributed by atoms with Crippen LogP contribution in [0.2, 0.25) is 0 Å². The molecule has 0 aromatic heterocycles. The number of benzene rings is 1. The molecule has 1 aromatic carbocycles. The molecule has 18 heavy (non-hydrogen) atoms. The molecule has 0 spiro atoms. The molecule has 1 atom stereocenters. The first kappa shape index (κ1) is 12.7. The summed E-state index contributed by atoms with van der Waals surface area (Å²) in [5.74, 6) is 0. The molecule has 1 aromatic rings. The van der Waals surface area contributed by atoms with E-state index in [4.69, 9.17) is 15.7 Å². The van der Waals surface area contributed by atoms with Crippen molar-refractivity contribution in [2.24, 2.45) is 0 Å². The van der Waals surface area contributed by atoms with Crippen molar-refractivity contribution in [3.05, 3.63) is 23.8 Å². The second kappa shape index (κ2) is 5.71. The van der Waals surface area contributed by atoms with Gasteiger partial charge in [0, 0.05) is 25.3 Å². The Kier molecular flexibility index (Phi) is 4.03. The molecule has 1 unspecified atom stereocenters. The van der Waals surface area contributed by atoms with E-state index in [-0.39, 0.29) is 6.10 Å². The number of nitrogens with two attached hydrogens (primary N) is 1. The van der Waals surface area contributed by atoms with Gasteiger partial charge in [-0.1, -0.05) is 0 Å². The van der Waals surface area contributed by atoms with Gasteiger partial charge in [-0.2, -0.15) is 5.26 Å². The van der Waals surface area contributed by atoms with Gasteiger partial charge in [0.25, 0.3) is 0 Å². The van der Waals surface area contributed by atoms with Crippen LogP contribution in [-0.2, 0) is 4.74 Å². The summed E-state index contributed by atoms with van der Waals surface area (Å²) in [4.78, 5) is 2.24. The van der Waals surface area contributed by atoms with Crippen LogP contribution in [0.4, 0.5) is 11.4 Å². The van der Waals surface area contributed by atoms with Gasteiger partial charge in [0.05, 0.1) is 24.0 Å². The maximum absolute atomic E-state index is 9.04. The summed E-state index contributed by atoms with van der Waals surface area (Å²) in [5, 5.41) is 12.3. The fourth-order valence-electron chi connectivity index (χ4n) is 2.02. The summed E-state index contributed by atoms with van der Waals surface area (Å²) < 4.78 is 5.66. The smallest absolute Gasteiger partial charge is 0.101 e. The zero-order valence-electron chi connectivity index (χ0n) is 10.5. The predicted molar refractivity (Wildman–Crippen MR) is 71.3 cm³/mol. The number of likely N-dealkylation sites (N-methyl/N-ethyl adjacent to an activating group) is 1. The van der Waals surface area contributed by atoms with Crippen LogP contribution in [0.25, 0.3) is 0 Å².